The predicted molar refractivity (Wildman–Crippen MR) is 111 cm³/mol. The number of nitrogens with two attached hydrogens (primary N) is 1. The van der Waals surface area contributed by atoms with Crippen molar-refractivity contribution in [1.29, 1.82) is 0 Å². The molecule has 3 N–H and O–H groups in total. The molecule has 158 valence electrons. The summed E-state index contributed by atoms with van der Waals surface area (Å²) in [5.41, 5.74) is 8.72. The summed E-state index contributed by atoms with van der Waals surface area (Å²) in [6, 6.07) is 3.18. The molecule has 0 amide bonds. The number of hydrogen-bond acceptors (Lipinski definition) is 5. The number of ether oxygens (including phenoxy) is 1. The average molecular weight is 423 g/mol. The van der Waals surface area contributed by atoms with Crippen LogP contribution in [-0.4, -0.2) is 39.0 Å². The molecule has 1 saturated carbocycles. The lowest BCUT2D eigenvalue weighted by atomic mass is 9.93. The number of aromatic amines is 1. The highest BCUT2D eigenvalue weighted by atomic mass is 32.1. The normalized spacial score (nSPS) is 27.5. The number of fused-ring (bicyclic) bond motifs is 1. The zero-order chi connectivity index (χ0) is 20.4. The zero-order valence-corrected chi connectivity index (χ0v) is 17.3. The fourth-order valence-corrected chi connectivity index (χ4v) is 4.77. The summed E-state index contributed by atoms with van der Waals surface area (Å²) in [6.07, 6.45) is 7.43. The molecule has 5 rings (SSSR count). The Hall–Kier alpha value is -1.48. The first-order valence-electron chi connectivity index (χ1n) is 10.3. The molecule has 8 heteroatoms. The number of nitrogens with one attached hydrogen (secondary N) is 1. The number of halogens is 2. The van der Waals surface area contributed by atoms with Gasteiger partial charge in [-0.15, -0.1) is 0 Å². The molecule has 2 aromatic rings. The van der Waals surface area contributed by atoms with Crippen molar-refractivity contribution in [3.63, 3.8) is 0 Å². The summed E-state index contributed by atoms with van der Waals surface area (Å²) in [4.78, 5) is 2.28. The number of aromatic nitrogens is 2. The van der Waals surface area contributed by atoms with Crippen LogP contribution in [0.5, 0.6) is 0 Å². The van der Waals surface area contributed by atoms with Crippen LogP contribution >= 0.6 is 12.6 Å². The first-order chi connectivity index (χ1) is 14.0. The van der Waals surface area contributed by atoms with Crippen LogP contribution in [0.15, 0.2) is 24.4 Å². The van der Waals surface area contributed by atoms with Crippen molar-refractivity contribution in [1.82, 2.24) is 15.1 Å². The van der Waals surface area contributed by atoms with Crippen LogP contribution < -0.4 is 5.73 Å². The average Bonchev–Trinajstić information content (AvgIpc) is 3.42. The topological polar surface area (TPSA) is 67.2 Å². The van der Waals surface area contributed by atoms with Gasteiger partial charge < -0.3 is 10.5 Å². The van der Waals surface area contributed by atoms with Gasteiger partial charge in [-0.2, -0.15) is 17.7 Å². The van der Waals surface area contributed by atoms with E-state index in [0.29, 0.717) is 13.0 Å². The maximum atomic E-state index is 13.9. The Kier molecular flexibility index (Phi) is 6.53. The third kappa shape index (κ3) is 4.82. The van der Waals surface area contributed by atoms with Crippen LogP contribution in [0.25, 0.3) is 0 Å². The fraction of sp³-hybridized carbons (Fsp3) is 0.571. The summed E-state index contributed by atoms with van der Waals surface area (Å²) in [5.74, 6) is -0.961. The Morgan fingerprint density at radius 2 is 2.00 bits per heavy atom. The Labute approximate surface area is 175 Å². The molecule has 3 atom stereocenters. The maximum Gasteiger partial charge on any atom is 0.129 e. The van der Waals surface area contributed by atoms with E-state index in [-0.39, 0.29) is 17.6 Å². The van der Waals surface area contributed by atoms with Crippen molar-refractivity contribution >= 4 is 12.6 Å². The number of H-pyrrole nitrogens is 1. The third-order valence-electron chi connectivity index (χ3n) is 6.05. The van der Waals surface area contributed by atoms with E-state index in [0.717, 1.165) is 36.2 Å². The number of thiol groups is 1. The molecule has 2 aliphatic heterocycles. The van der Waals surface area contributed by atoms with Crippen LogP contribution in [0.2, 0.25) is 0 Å². The van der Waals surface area contributed by atoms with Crippen LogP contribution in [0.1, 0.15) is 55.0 Å². The smallest absolute Gasteiger partial charge is 0.129 e. The quantitative estimate of drug-likeness (QED) is 0.646. The zero-order valence-electron chi connectivity index (χ0n) is 16.4. The molecule has 0 radical (unpaired) electrons. The Bertz CT molecular complexity index is 806. The fourth-order valence-electron chi connectivity index (χ4n) is 4.40. The van der Waals surface area contributed by atoms with Gasteiger partial charge >= 0.3 is 0 Å². The lowest BCUT2D eigenvalue weighted by molar-refractivity contribution is -0.0533. The molecule has 2 fully saturated rings. The molecular weight excluding hydrogens is 394 g/mol. The van der Waals surface area contributed by atoms with E-state index in [1.807, 2.05) is 6.20 Å². The second-order valence-electron chi connectivity index (χ2n) is 8.19. The number of nitrogens with zero attached hydrogens (tertiary/aromatic N) is 2. The largest absolute Gasteiger partial charge is 0.370 e. The third-order valence-corrected chi connectivity index (χ3v) is 6.57. The van der Waals surface area contributed by atoms with Crippen molar-refractivity contribution in [2.24, 2.45) is 5.73 Å². The lowest BCUT2D eigenvalue weighted by Crippen LogP contribution is -2.47. The molecule has 0 bridgehead atoms. The molecule has 1 saturated heterocycles. The SMILES string of the molecule is NC1CC(N2Cc3cn[nH]c3C2)CO[C@@H]1c1cc(F)ccc1F.SC1CCCC1. The van der Waals surface area contributed by atoms with Crippen molar-refractivity contribution in [3.8, 4) is 0 Å². The molecule has 2 unspecified atom stereocenters. The number of rotatable bonds is 2. The van der Waals surface area contributed by atoms with Crippen LogP contribution in [0, 0.1) is 11.6 Å². The molecule has 5 nitrogen and oxygen atoms in total. The van der Waals surface area contributed by atoms with Crippen LogP contribution in [0.3, 0.4) is 0 Å². The van der Waals surface area contributed by atoms with Gasteiger partial charge in [-0.1, -0.05) is 12.8 Å². The van der Waals surface area contributed by atoms with E-state index in [9.17, 15) is 8.78 Å². The summed E-state index contributed by atoms with van der Waals surface area (Å²) in [5, 5.41) is 7.76. The summed E-state index contributed by atoms with van der Waals surface area (Å²) < 4.78 is 33.1. The molecule has 1 aliphatic carbocycles. The maximum absolute atomic E-state index is 13.9. The van der Waals surface area contributed by atoms with Crippen molar-refractivity contribution in [2.75, 3.05) is 6.61 Å². The van der Waals surface area contributed by atoms with E-state index < -0.39 is 17.7 Å². The predicted octanol–water partition coefficient (Wildman–Crippen LogP) is 3.72. The highest BCUT2D eigenvalue weighted by molar-refractivity contribution is 7.80. The van der Waals surface area contributed by atoms with Gasteiger partial charge in [0.05, 0.1) is 18.5 Å². The molecule has 1 aromatic carbocycles. The minimum Gasteiger partial charge on any atom is -0.370 e. The molecule has 3 aliphatic rings. The van der Waals surface area contributed by atoms with E-state index in [1.54, 1.807) is 0 Å². The standard InChI is InChI=1S/C16H18F2N4O.C5H10S/c17-10-1-2-13(18)12(3-10)16-14(19)4-11(8-23-16)22-6-9-5-20-21-15(9)7-22;6-5-3-1-2-4-5/h1-3,5,11,14,16H,4,6-8,19H2,(H,20,21);5-6H,1-4H2/t11?,14?,16-;/m1./s1. The monoisotopic (exact) mass is 422 g/mol. The van der Waals surface area contributed by atoms with Gasteiger partial charge in [0, 0.05) is 41.6 Å². The van der Waals surface area contributed by atoms with Gasteiger partial charge in [-0.3, -0.25) is 10.00 Å². The number of hydrogen-bond donors (Lipinski definition) is 3. The van der Waals surface area contributed by atoms with Gasteiger partial charge in [0.1, 0.15) is 17.7 Å². The highest BCUT2D eigenvalue weighted by Crippen LogP contribution is 2.33. The van der Waals surface area contributed by atoms with E-state index in [1.165, 1.54) is 37.3 Å². The minimum atomic E-state index is -0.607. The molecule has 3 heterocycles. The van der Waals surface area contributed by atoms with E-state index in [2.05, 4.69) is 27.7 Å². The summed E-state index contributed by atoms with van der Waals surface area (Å²) >= 11 is 4.29. The Morgan fingerprint density at radius 1 is 1.21 bits per heavy atom. The second-order valence-corrected chi connectivity index (χ2v) is 8.92. The number of benzene rings is 1. The van der Waals surface area contributed by atoms with Crippen LogP contribution in [-0.2, 0) is 17.8 Å². The minimum absolute atomic E-state index is 0.165. The highest BCUT2D eigenvalue weighted by Gasteiger charge is 2.36. The van der Waals surface area contributed by atoms with Gasteiger partial charge in [0.25, 0.3) is 0 Å². The van der Waals surface area contributed by atoms with Gasteiger partial charge in [-0.25, -0.2) is 8.78 Å². The van der Waals surface area contributed by atoms with Crippen molar-refractivity contribution in [2.45, 2.75) is 68.6 Å². The van der Waals surface area contributed by atoms with E-state index >= 15 is 0 Å². The lowest BCUT2D eigenvalue weighted by Gasteiger charge is -2.38. The summed E-state index contributed by atoms with van der Waals surface area (Å²) in [6.45, 7) is 2.05. The Balaban J connectivity index is 0.000000294. The van der Waals surface area contributed by atoms with Crippen LogP contribution in [0.4, 0.5) is 8.78 Å². The van der Waals surface area contributed by atoms with Gasteiger partial charge in [0.2, 0.25) is 0 Å². The van der Waals surface area contributed by atoms with E-state index in [4.69, 9.17) is 10.5 Å². The Morgan fingerprint density at radius 3 is 2.66 bits per heavy atom. The van der Waals surface area contributed by atoms with Crippen molar-refractivity contribution in [3.05, 3.63) is 52.9 Å². The molecule has 1 aromatic heterocycles. The summed E-state index contributed by atoms with van der Waals surface area (Å²) in [7, 11) is 0. The van der Waals surface area contributed by atoms with Gasteiger partial charge in [0.15, 0.2) is 0 Å². The first kappa shape index (κ1) is 20.8. The molecular formula is C21H28F2N4OS. The molecule has 29 heavy (non-hydrogen) atoms. The first-order valence-corrected chi connectivity index (χ1v) is 10.8. The molecule has 0 spiro atoms. The van der Waals surface area contributed by atoms with Gasteiger partial charge in [-0.05, 0) is 37.5 Å². The second kappa shape index (κ2) is 9.12. The van der Waals surface area contributed by atoms with Crippen molar-refractivity contribution < 1.29 is 13.5 Å².